The van der Waals surface area contributed by atoms with Crippen LogP contribution in [-0.2, 0) is 11.3 Å². The van der Waals surface area contributed by atoms with Gasteiger partial charge in [-0.25, -0.2) is 4.98 Å². The molecule has 0 unspecified atom stereocenters. The van der Waals surface area contributed by atoms with Crippen molar-refractivity contribution >= 4 is 17.5 Å². The minimum absolute atomic E-state index is 0.0151. The maximum absolute atomic E-state index is 12.4. The average molecular weight is 292 g/mol. The standard InChI is InChI=1S/C15H18ClN3O/c1-10(2)14(11-4-3-5-12(16)8-11)15(20)19-9-13-17-6-7-18-13/h3-8,10,14H,9H2,1-2H3,(H,17,18)(H,19,20)/t14-/m0/s1. The van der Waals surface area contributed by atoms with Crippen molar-refractivity contribution in [2.45, 2.75) is 26.3 Å². The topological polar surface area (TPSA) is 57.8 Å². The molecular formula is C15H18ClN3O. The molecule has 2 N–H and O–H groups in total. The van der Waals surface area contributed by atoms with Crippen molar-refractivity contribution in [2.24, 2.45) is 5.92 Å². The summed E-state index contributed by atoms with van der Waals surface area (Å²) in [4.78, 5) is 19.4. The van der Waals surface area contributed by atoms with Gasteiger partial charge in [-0.15, -0.1) is 0 Å². The van der Waals surface area contributed by atoms with Crippen LogP contribution in [0.15, 0.2) is 36.7 Å². The molecule has 0 aliphatic rings. The van der Waals surface area contributed by atoms with E-state index < -0.39 is 0 Å². The van der Waals surface area contributed by atoms with E-state index in [1.165, 1.54) is 0 Å². The van der Waals surface area contributed by atoms with Crippen LogP contribution < -0.4 is 5.32 Å². The Hall–Kier alpha value is -1.81. The molecule has 1 aromatic heterocycles. The zero-order valence-electron chi connectivity index (χ0n) is 11.6. The number of halogens is 1. The summed E-state index contributed by atoms with van der Waals surface area (Å²) in [5, 5.41) is 3.55. The number of amides is 1. The lowest BCUT2D eigenvalue weighted by Gasteiger charge is -2.20. The van der Waals surface area contributed by atoms with E-state index in [-0.39, 0.29) is 17.7 Å². The number of H-pyrrole nitrogens is 1. The van der Waals surface area contributed by atoms with E-state index in [4.69, 9.17) is 11.6 Å². The van der Waals surface area contributed by atoms with Gasteiger partial charge < -0.3 is 10.3 Å². The fourth-order valence-corrected chi connectivity index (χ4v) is 2.41. The fraction of sp³-hybridized carbons (Fsp3) is 0.333. The Bertz CT molecular complexity index is 566. The Morgan fingerprint density at radius 3 is 2.85 bits per heavy atom. The van der Waals surface area contributed by atoms with Gasteiger partial charge in [0.05, 0.1) is 12.5 Å². The number of hydrogen-bond donors (Lipinski definition) is 2. The fourth-order valence-electron chi connectivity index (χ4n) is 2.21. The second-order valence-electron chi connectivity index (χ2n) is 5.03. The first-order valence-electron chi connectivity index (χ1n) is 6.59. The number of nitrogens with zero attached hydrogens (tertiary/aromatic N) is 1. The zero-order valence-corrected chi connectivity index (χ0v) is 12.3. The molecule has 0 aliphatic carbocycles. The SMILES string of the molecule is CC(C)[C@H](C(=O)NCc1ncc[nH]1)c1cccc(Cl)c1. The van der Waals surface area contributed by atoms with Crippen LogP contribution in [0.2, 0.25) is 5.02 Å². The van der Waals surface area contributed by atoms with E-state index in [0.717, 1.165) is 11.4 Å². The van der Waals surface area contributed by atoms with E-state index in [1.54, 1.807) is 12.4 Å². The molecule has 1 amide bonds. The molecule has 20 heavy (non-hydrogen) atoms. The molecule has 1 heterocycles. The van der Waals surface area contributed by atoms with Crippen molar-refractivity contribution in [3.05, 3.63) is 53.1 Å². The molecule has 0 saturated heterocycles. The summed E-state index contributed by atoms with van der Waals surface area (Å²) in [7, 11) is 0. The zero-order chi connectivity index (χ0) is 14.5. The van der Waals surface area contributed by atoms with Crippen molar-refractivity contribution in [1.82, 2.24) is 15.3 Å². The van der Waals surface area contributed by atoms with Gasteiger partial charge in [0.2, 0.25) is 5.91 Å². The van der Waals surface area contributed by atoms with Gasteiger partial charge in [-0.2, -0.15) is 0 Å². The largest absolute Gasteiger partial charge is 0.348 e. The molecule has 0 fully saturated rings. The normalized spacial score (nSPS) is 12.4. The second kappa shape index (κ2) is 6.57. The summed E-state index contributed by atoms with van der Waals surface area (Å²) in [5.41, 5.74) is 0.935. The number of imidazole rings is 1. The molecule has 0 spiro atoms. The van der Waals surface area contributed by atoms with Crippen LogP contribution in [0.1, 0.15) is 31.2 Å². The van der Waals surface area contributed by atoms with E-state index in [2.05, 4.69) is 15.3 Å². The first-order chi connectivity index (χ1) is 9.58. The van der Waals surface area contributed by atoms with E-state index >= 15 is 0 Å². The Labute approximate surface area is 123 Å². The number of nitrogens with one attached hydrogen (secondary N) is 2. The number of rotatable bonds is 5. The van der Waals surface area contributed by atoms with E-state index in [9.17, 15) is 4.79 Å². The molecule has 4 nitrogen and oxygen atoms in total. The highest BCUT2D eigenvalue weighted by Gasteiger charge is 2.24. The van der Waals surface area contributed by atoms with Crippen LogP contribution in [0.25, 0.3) is 0 Å². The van der Waals surface area contributed by atoms with Crippen LogP contribution in [0, 0.1) is 5.92 Å². The Kier molecular flexibility index (Phi) is 4.79. The van der Waals surface area contributed by atoms with Gasteiger partial charge in [0, 0.05) is 17.4 Å². The van der Waals surface area contributed by atoms with Gasteiger partial charge in [-0.05, 0) is 23.6 Å². The van der Waals surface area contributed by atoms with Crippen molar-refractivity contribution in [2.75, 3.05) is 0 Å². The number of aromatic amines is 1. The third kappa shape index (κ3) is 3.61. The lowest BCUT2D eigenvalue weighted by molar-refractivity contribution is -0.123. The van der Waals surface area contributed by atoms with Crippen molar-refractivity contribution in [1.29, 1.82) is 0 Å². The summed E-state index contributed by atoms with van der Waals surface area (Å²) in [6.07, 6.45) is 3.40. The number of hydrogen-bond acceptors (Lipinski definition) is 2. The molecule has 0 bridgehead atoms. The second-order valence-corrected chi connectivity index (χ2v) is 5.47. The number of benzene rings is 1. The lowest BCUT2D eigenvalue weighted by atomic mass is 9.87. The van der Waals surface area contributed by atoms with Crippen LogP contribution >= 0.6 is 11.6 Å². The smallest absolute Gasteiger partial charge is 0.228 e. The van der Waals surface area contributed by atoms with E-state index in [0.29, 0.717) is 11.6 Å². The molecule has 106 valence electrons. The van der Waals surface area contributed by atoms with E-state index in [1.807, 2.05) is 38.1 Å². The molecule has 5 heteroatoms. The molecule has 0 saturated carbocycles. The van der Waals surface area contributed by atoms with Gasteiger partial charge in [0.25, 0.3) is 0 Å². The van der Waals surface area contributed by atoms with Gasteiger partial charge >= 0.3 is 0 Å². The molecule has 2 rings (SSSR count). The highest BCUT2D eigenvalue weighted by molar-refractivity contribution is 6.30. The minimum atomic E-state index is -0.219. The molecule has 1 atom stereocenters. The first kappa shape index (κ1) is 14.6. The van der Waals surface area contributed by atoms with Gasteiger partial charge in [-0.3, -0.25) is 4.79 Å². The molecule has 0 aliphatic heterocycles. The van der Waals surface area contributed by atoms with Crippen LogP contribution in [0.4, 0.5) is 0 Å². The summed E-state index contributed by atoms with van der Waals surface area (Å²) in [6, 6.07) is 7.46. The first-order valence-corrected chi connectivity index (χ1v) is 6.97. The third-order valence-corrected chi connectivity index (χ3v) is 3.38. The molecule has 0 radical (unpaired) electrons. The van der Waals surface area contributed by atoms with Crippen molar-refractivity contribution < 1.29 is 4.79 Å². The van der Waals surface area contributed by atoms with Crippen molar-refractivity contribution in [3.63, 3.8) is 0 Å². The van der Waals surface area contributed by atoms with Crippen LogP contribution in [0.5, 0.6) is 0 Å². The molecule has 1 aromatic carbocycles. The number of carbonyl (C=O) groups is 1. The Morgan fingerprint density at radius 1 is 1.45 bits per heavy atom. The molecule has 2 aromatic rings. The summed E-state index contributed by atoms with van der Waals surface area (Å²) in [5.74, 6) is 0.694. The Balaban J connectivity index is 2.10. The van der Waals surface area contributed by atoms with Crippen LogP contribution in [-0.4, -0.2) is 15.9 Å². The Morgan fingerprint density at radius 2 is 2.25 bits per heavy atom. The maximum atomic E-state index is 12.4. The van der Waals surface area contributed by atoms with Crippen molar-refractivity contribution in [3.8, 4) is 0 Å². The van der Waals surface area contributed by atoms with Gasteiger partial charge in [0.15, 0.2) is 0 Å². The third-order valence-electron chi connectivity index (χ3n) is 3.14. The summed E-state index contributed by atoms with van der Waals surface area (Å²) >= 11 is 6.01. The predicted molar refractivity (Wildman–Crippen MR) is 79.5 cm³/mol. The predicted octanol–water partition coefficient (Wildman–Crippen LogP) is 3.12. The lowest BCUT2D eigenvalue weighted by Crippen LogP contribution is -2.32. The van der Waals surface area contributed by atoms with Gasteiger partial charge in [-0.1, -0.05) is 37.6 Å². The highest BCUT2D eigenvalue weighted by atomic mass is 35.5. The maximum Gasteiger partial charge on any atom is 0.228 e. The number of aromatic nitrogens is 2. The average Bonchev–Trinajstić information content (AvgIpc) is 2.89. The summed E-state index contributed by atoms with van der Waals surface area (Å²) < 4.78 is 0. The monoisotopic (exact) mass is 291 g/mol. The number of carbonyl (C=O) groups excluding carboxylic acids is 1. The minimum Gasteiger partial charge on any atom is -0.348 e. The highest BCUT2D eigenvalue weighted by Crippen LogP contribution is 2.26. The quantitative estimate of drug-likeness (QED) is 0.889. The van der Waals surface area contributed by atoms with Gasteiger partial charge in [0.1, 0.15) is 5.82 Å². The van der Waals surface area contributed by atoms with Crippen LogP contribution in [0.3, 0.4) is 0 Å². The summed E-state index contributed by atoms with van der Waals surface area (Å²) in [6.45, 7) is 4.45. The molecular weight excluding hydrogens is 274 g/mol.